The maximum absolute atomic E-state index is 5.16. The Balaban J connectivity index is 1.84. The Morgan fingerprint density at radius 2 is 2.21 bits per heavy atom. The average molecular weight is 258 g/mol. The van der Waals surface area contributed by atoms with Crippen LogP contribution in [0, 0.1) is 0 Å². The number of aromatic nitrogens is 1. The second-order valence-corrected chi connectivity index (χ2v) is 4.10. The van der Waals surface area contributed by atoms with E-state index >= 15 is 0 Å². The van der Waals surface area contributed by atoms with E-state index in [4.69, 9.17) is 9.57 Å². The largest absolute Gasteiger partial charge is 0.481 e. The summed E-state index contributed by atoms with van der Waals surface area (Å²) in [6.07, 6.45) is 7.51. The molecule has 3 rings (SSSR count). The fraction of sp³-hybridized carbons (Fsp3) is 0.231. The first-order valence-electron chi connectivity index (χ1n) is 5.86. The molecule has 1 aromatic heterocycles. The quantitative estimate of drug-likeness (QED) is 0.767. The highest BCUT2D eigenvalue weighted by Gasteiger charge is 2.33. The van der Waals surface area contributed by atoms with Crippen molar-refractivity contribution in [2.24, 2.45) is 4.99 Å². The number of aliphatic imine (C=N–C) groups is 1. The lowest BCUT2D eigenvalue weighted by atomic mass is 10.2. The number of methoxy groups -OCH3 is 1. The van der Waals surface area contributed by atoms with Gasteiger partial charge < -0.3 is 4.74 Å². The summed E-state index contributed by atoms with van der Waals surface area (Å²) in [5, 5.41) is 1.73. The number of hydroxylamine groups is 2. The number of hydrogen-bond donors (Lipinski definition) is 0. The highest BCUT2D eigenvalue weighted by Crippen LogP contribution is 2.24. The van der Waals surface area contributed by atoms with Crippen LogP contribution in [-0.4, -0.2) is 36.8 Å². The Bertz CT molecular complexity index is 563. The molecule has 0 spiro atoms. The lowest BCUT2D eigenvalue weighted by molar-refractivity contribution is -0.0969. The molecule has 2 aliphatic heterocycles. The van der Waals surface area contributed by atoms with Crippen LogP contribution in [0.5, 0.6) is 5.88 Å². The molecule has 0 saturated carbocycles. The molecule has 3 heterocycles. The van der Waals surface area contributed by atoms with Crippen LogP contribution < -0.4 is 9.64 Å². The van der Waals surface area contributed by atoms with E-state index in [1.54, 1.807) is 25.5 Å². The van der Waals surface area contributed by atoms with E-state index < -0.39 is 0 Å². The van der Waals surface area contributed by atoms with Crippen LogP contribution in [0.2, 0.25) is 0 Å². The summed E-state index contributed by atoms with van der Waals surface area (Å²) in [5.41, 5.74) is 1.84. The van der Waals surface area contributed by atoms with Crippen molar-refractivity contribution in [3.05, 3.63) is 42.4 Å². The van der Waals surface area contributed by atoms with E-state index in [0.717, 1.165) is 17.1 Å². The third-order valence-electron chi connectivity index (χ3n) is 2.96. The number of rotatable bonds is 3. The summed E-state index contributed by atoms with van der Waals surface area (Å²) in [5.74, 6) is 1.50. The van der Waals surface area contributed by atoms with Crippen LogP contribution in [-0.2, 0) is 4.84 Å². The van der Waals surface area contributed by atoms with E-state index in [-0.39, 0.29) is 0 Å². The minimum absolute atomic E-state index is 0.596. The molecule has 0 unspecified atom stereocenters. The molecule has 0 fully saturated rings. The molecule has 6 nitrogen and oxygen atoms in total. The second kappa shape index (κ2) is 4.83. The molecule has 0 bridgehead atoms. The number of pyridine rings is 1. The van der Waals surface area contributed by atoms with Crippen molar-refractivity contribution < 1.29 is 9.57 Å². The summed E-state index contributed by atoms with van der Waals surface area (Å²) in [7, 11) is 3.24. The van der Waals surface area contributed by atoms with Gasteiger partial charge in [0.2, 0.25) is 12.5 Å². The lowest BCUT2D eigenvalue weighted by Gasteiger charge is -2.18. The van der Waals surface area contributed by atoms with Gasteiger partial charge in [0.05, 0.1) is 14.2 Å². The van der Waals surface area contributed by atoms with Gasteiger partial charge in [-0.15, -0.1) is 0 Å². The van der Waals surface area contributed by atoms with Crippen molar-refractivity contribution in [3.8, 4) is 5.88 Å². The van der Waals surface area contributed by atoms with Crippen molar-refractivity contribution in [2.45, 2.75) is 0 Å². The number of hydrogen-bond acceptors (Lipinski definition) is 6. The molecule has 6 heteroatoms. The zero-order chi connectivity index (χ0) is 13.2. The van der Waals surface area contributed by atoms with E-state index in [0.29, 0.717) is 12.5 Å². The highest BCUT2D eigenvalue weighted by molar-refractivity contribution is 6.03. The van der Waals surface area contributed by atoms with Crippen molar-refractivity contribution in [1.29, 1.82) is 0 Å². The SMILES string of the molecule is COc1ccc(C2=C[N+]3CN(OC)C=CC3=N2)cn1. The molecular weight excluding hydrogens is 244 g/mol. The van der Waals surface area contributed by atoms with Crippen LogP contribution in [0.3, 0.4) is 0 Å². The summed E-state index contributed by atoms with van der Waals surface area (Å²) in [6, 6.07) is 3.77. The summed E-state index contributed by atoms with van der Waals surface area (Å²) in [4.78, 5) is 15.9. The van der Waals surface area contributed by atoms with Gasteiger partial charge in [0.1, 0.15) is 5.70 Å². The topological polar surface area (TPSA) is 52.9 Å². The first-order valence-corrected chi connectivity index (χ1v) is 5.86. The number of amidine groups is 1. The zero-order valence-corrected chi connectivity index (χ0v) is 10.8. The minimum atomic E-state index is 0.596. The van der Waals surface area contributed by atoms with Crippen LogP contribution in [0.4, 0.5) is 0 Å². The molecule has 2 aliphatic rings. The summed E-state index contributed by atoms with van der Waals surface area (Å²) < 4.78 is 5.04. The highest BCUT2D eigenvalue weighted by atomic mass is 16.7. The first kappa shape index (κ1) is 11.9. The normalized spacial score (nSPS) is 18.1. The molecule has 0 saturated heterocycles. The maximum Gasteiger partial charge on any atom is 0.285 e. The summed E-state index contributed by atoms with van der Waals surface area (Å²) in [6.45, 7) is 0.624. The van der Waals surface area contributed by atoms with Gasteiger partial charge in [0.15, 0.2) is 6.20 Å². The molecular formula is C13H14N4O2+. The minimum Gasteiger partial charge on any atom is -0.481 e. The van der Waals surface area contributed by atoms with Crippen molar-refractivity contribution >= 4 is 11.5 Å². The van der Waals surface area contributed by atoms with E-state index in [1.807, 2.05) is 35.5 Å². The fourth-order valence-corrected chi connectivity index (χ4v) is 1.93. The average Bonchev–Trinajstić information content (AvgIpc) is 2.90. The van der Waals surface area contributed by atoms with Crippen LogP contribution in [0.15, 0.2) is 41.8 Å². The van der Waals surface area contributed by atoms with Crippen LogP contribution in [0.25, 0.3) is 5.70 Å². The number of fused-ring (bicyclic) bond motifs is 1. The maximum atomic E-state index is 5.16. The van der Waals surface area contributed by atoms with Crippen LogP contribution in [0.1, 0.15) is 5.56 Å². The van der Waals surface area contributed by atoms with Gasteiger partial charge in [0, 0.05) is 30.1 Å². The van der Waals surface area contributed by atoms with E-state index in [9.17, 15) is 0 Å². The number of ether oxygens (including phenoxy) is 1. The molecule has 0 amide bonds. The van der Waals surface area contributed by atoms with Gasteiger partial charge in [-0.3, -0.25) is 4.84 Å². The molecule has 0 aliphatic carbocycles. The Kier molecular flexibility index (Phi) is 3.02. The molecule has 19 heavy (non-hydrogen) atoms. The van der Waals surface area contributed by atoms with Gasteiger partial charge in [-0.25, -0.2) is 10.0 Å². The monoisotopic (exact) mass is 258 g/mol. The Labute approximate surface area is 111 Å². The van der Waals surface area contributed by atoms with Crippen molar-refractivity contribution in [2.75, 3.05) is 20.9 Å². The molecule has 0 aromatic carbocycles. The zero-order valence-electron chi connectivity index (χ0n) is 10.8. The molecule has 97 valence electrons. The van der Waals surface area contributed by atoms with E-state index in [1.165, 1.54) is 0 Å². The second-order valence-electron chi connectivity index (χ2n) is 4.10. The standard InChI is InChI=1S/C13H14N4O2/c1-18-13-4-3-10(7-14-13)11-8-16-9-17(19-2)6-5-12(16)15-11/h3-8H,9H2,1-2H3/q+1. The van der Waals surface area contributed by atoms with Gasteiger partial charge in [-0.05, 0) is 6.07 Å². The molecule has 1 aromatic rings. The lowest BCUT2D eigenvalue weighted by Crippen LogP contribution is -2.41. The Morgan fingerprint density at radius 1 is 1.32 bits per heavy atom. The van der Waals surface area contributed by atoms with Gasteiger partial charge in [-0.1, -0.05) is 4.90 Å². The first-order chi connectivity index (χ1) is 9.30. The predicted octanol–water partition coefficient (Wildman–Crippen LogP) is 1.29. The predicted molar refractivity (Wildman–Crippen MR) is 71.2 cm³/mol. The van der Waals surface area contributed by atoms with E-state index in [2.05, 4.69) is 9.98 Å². The molecule has 0 N–H and O–H groups in total. The van der Waals surface area contributed by atoms with Crippen LogP contribution >= 0.6 is 0 Å². The summed E-state index contributed by atoms with van der Waals surface area (Å²) >= 11 is 0. The third kappa shape index (κ3) is 2.23. The smallest absolute Gasteiger partial charge is 0.285 e. The Hall–Kier alpha value is -2.18. The van der Waals surface area contributed by atoms with Gasteiger partial charge >= 0.3 is 0 Å². The van der Waals surface area contributed by atoms with Crippen molar-refractivity contribution in [3.63, 3.8) is 0 Å². The van der Waals surface area contributed by atoms with Crippen molar-refractivity contribution in [1.82, 2.24) is 14.9 Å². The molecule has 1 radical (unpaired) electrons. The molecule has 0 atom stereocenters. The Morgan fingerprint density at radius 3 is 2.89 bits per heavy atom. The fourth-order valence-electron chi connectivity index (χ4n) is 1.93. The third-order valence-corrected chi connectivity index (χ3v) is 2.96. The van der Waals surface area contributed by atoms with Gasteiger partial charge in [-0.2, -0.15) is 4.99 Å². The van der Waals surface area contributed by atoms with Gasteiger partial charge in [0.25, 0.3) is 5.84 Å². The number of nitrogens with zero attached hydrogens (tertiary/aromatic N) is 4.